The molecule has 0 atom stereocenters. The lowest BCUT2D eigenvalue weighted by molar-refractivity contribution is 0.0953. The molecule has 1 aliphatic heterocycles. The van der Waals surface area contributed by atoms with Crippen LogP contribution in [0.3, 0.4) is 0 Å². The summed E-state index contributed by atoms with van der Waals surface area (Å²) in [5.74, 6) is -0.392. The van der Waals surface area contributed by atoms with Gasteiger partial charge in [-0.25, -0.2) is 0 Å². The Labute approximate surface area is 72.7 Å². The molecular weight excluding hydrogens is 174 g/mol. The first kappa shape index (κ1) is 7.72. The Morgan fingerprint density at radius 2 is 1.92 bits per heavy atom. The Morgan fingerprint density at radius 1 is 1.23 bits per heavy atom. The lowest BCUT2D eigenvalue weighted by Crippen LogP contribution is -2.14. The minimum atomic E-state index is -0.367. The molecule has 2 rings (SSSR count). The zero-order valence-corrected chi connectivity index (χ0v) is 6.49. The van der Waals surface area contributed by atoms with Crippen LogP contribution >= 0.6 is 0 Å². The summed E-state index contributed by atoms with van der Waals surface area (Å²) in [4.78, 5) is 32.0. The number of nitrogens with one attached hydrogen (secondary N) is 1. The van der Waals surface area contributed by atoms with Crippen LogP contribution in [0.15, 0.2) is 4.42 Å². The first-order valence-corrected chi connectivity index (χ1v) is 3.62. The van der Waals surface area contributed by atoms with E-state index in [4.69, 9.17) is 4.42 Å². The highest BCUT2D eigenvalue weighted by Crippen LogP contribution is 2.24. The van der Waals surface area contributed by atoms with Gasteiger partial charge in [-0.2, -0.15) is 0 Å². The Hall–Kier alpha value is -1.91. The molecule has 0 fully saturated rings. The molecule has 1 aromatic rings. The maximum atomic E-state index is 11.1. The molecule has 0 bridgehead atoms. The van der Waals surface area contributed by atoms with Gasteiger partial charge in [-0.3, -0.25) is 14.4 Å². The molecular formula is C8H5NO4. The quantitative estimate of drug-likeness (QED) is 0.655. The van der Waals surface area contributed by atoms with Crippen LogP contribution in [0.2, 0.25) is 0 Å². The van der Waals surface area contributed by atoms with Crippen LogP contribution < -0.4 is 5.32 Å². The Kier molecular flexibility index (Phi) is 1.51. The summed E-state index contributed by atoms with van der Waals surface area (Å²) in [6, 6.07) is 0. The number of carbonyl (C=O) groups is 3. The standard InChI is InChI=1S/C8H5NO4/c10-2-5-4-1-9-8(12)7(4)6(3-11)13-5/h2-3H,1H2,(H,9,12). The van der Waals surface area contributed by atoms with Gasteiger partial charge in [-0.05, 0) is 0 Å². The fourth-order valence-electron chi connectivity index (χ4n) is 1.36. The van der Waals surface area contributed by atoms with Crippen LogP contribution in [0.4, 0.5) is 0 Å². The summed E-state index contributed by atoms with van der Waals surface area (Å²) in [5, 5.41) is 2.50. The van der Waals surface area contributed by atoms with Gasteiger partial charge < -0.3 is 9.73 Å². The number of amides is 1. The van der Waals surface area contributed by atoms with Gasteiger partial charge in [0.15, 0.2) is 24.1 Å². The highest BCUT2D eigenvalue weighted by Gasteiger charge is 2.29. The van der Waals surface area contributed by atoms with Crippen molar-refractivity contribution in [1.29, 1.82) is 0 Å². The molecule has 0 saturated heterocycles. The summed E-state index contributed by atoms with van der Waals surface area (Å²) in [6.07, 6.45) is 0.919. The van der Waals surface area contributed by atoms with E-state index in [0.717, 1.165) is 0 Å². The summed E-state index contributed by atoms with van der Waals surface area (Å²) in [7, 11) is 0. The van der Waals surface area contributed by atoms with Gasteiger partial charge in [-0.15, -0.1) is 0 Å². The predicted octanol–water partition coefficient (Wildman–Crippen LogP) is 0.148. The predicted molar refractivity (Wildman–Crippen MR) is 40.7 cm³/mol. The molecule has 0 spiro atoms. The molecule has 2 heterocycles. The lowest BCUT2D eigenvalue weighted by atomic mass is 10.1. The number of fused-ring (bicyclic) bond motifs is 1. The minimum Gasteiger partial charge on any atom is -0.449 e. The second-order valence-corrected chi connectivity index (χ2v) is 2.60. The summed E-state index contributed by atoms with van der Waals surface area (Å²) in [6.45, 7) is 0.250. The molecule has 1 aliphatic rings. The number of aldehydes is 2. The van der Waals surface area contributed by atoms with E-state index >= 15 is 0 Å². The molecule has 13 heavy (non-hydrogen) atoms. The fourth-order valence-corrected chi connectivity index (χ4v) is 1.36. The van der Waals surface area contributed by atoms with E-state index in [9.17, 15) is 14.4 Å². The Bertz CT molecular complexity index is 405. The Morgan fingerprint density at radius 3 is 2.54 bits per heavy atom. The van der Waals surface area contributed by atoms with Gasteiger partial charge in [0.1, 0.15) is 0 Å². The van der Waals surface area contributed by atoms with Crippen molar-refractivity contribution in [3.05, 3.63) is 22.6 Å². The van der Waals surface area contributed by atoms with E-state index in [1.54, 1.807) is 0 Å². The molecule has 0 unspecified atom stereocenters. The zero-order chi connectivity index (χ0) is 9.42. The molecule has 1 aromatic heterocycles. The molecule has 0 aliphatic carbocycles. The molecule has 0 saturated carbocycles. The highest BCUT2D eigenvalue weighted by atomic mass is 16.4. The summed E-state index contributed by atoms with van der Waals surface area (Å²) in [5.41, 5.74) is 0.666. The van der Waals surface area contributed by atoms with Crippen molar-refractivity contribution in [1.82, 2.24) is 5.32 Å². The molecule has 0 aromatic carbocycles. The molecule has 0 radical (unpaired) electrons. The van der Waals surface area contributed by atoms with E-state index in [2.05, 4.69) is 5.32 Å². The van der Waals surface area contributed by atoms with Gasteiger partial charge in [0, 0.05) is 12.1 Å². The van der Waals surface area contributed by atoms with E-state index < -0.39 is 0 Å². The largest absolute Gasteiger partial charge is 0.449 e. The normalized spacial score (nSPS) is 13.7. The first-order valence-electron chi connectivity index (χ1n) is 3.62. The third kappa shape index (κ3) is 0.900. The number of furan rings is 1. The van der Waals surface area contributed by atoms with Crippen LogP contribution in [0, 0.1) is 0 Å². The smallest absolute Gasteiger partial charge is 0.255 e. The second-order valence-electron chi connectivity index (χ2n) is 2.60. The van der Waals surface area contributed by atoms with Gasteiger partial charge in [0.25, 0.3) is 5.91 Å². The lowest BCUT2D eigenvalue weighted by Gasteiger charge is -1.90. The van der Waals surface area contributed by atoms with Crippen molar-refractivity contribution < 1.29 is 18.8 Å². The van der Waals surface area contributed by atoms with Crippen LogP contribution in [-0.4, -0.2) is 18.5 Å². The summed E-state index contributed by atoms with van der Waals surface area (Å²) < 4.78 is 4.86. The average molecular weight is 179 g/mol. The van der Waals surface area contributed by atoms with Crippen LogP contribution in [0.5, 0.6) is 0 Å². The van der Waals surface area contributed by atoms with Gasteiger partial charge >= 0.3 is 0 Å². The van der Waals surface area contributed by atoms with E-state index in [0.29, 0.717) is 18.1 Å². The SMILES string of the molecule is O=Cc1oc(C=O)c2c1CNC2=O. The average Bonchev–Trinajstić information content (AvgIpc) is 2.67. The van der Waals surface area contributed by atoms with E-state index in [-0.39, 0.29) is 29.5 Å². The number of rotatable bonds is 2. The minimum absolute atomic E-state index is 0.0513. The topological polar surface area (TPSA) is 76.4 Å². The third-order valence-corrected chi connectivity index (χ3v) is 1.93. The highest BCUT2D eigenvalue weighted by molar-refractivity contribution is 6.05. The van der Waals surface area contributed by atoms with E-state index in [1.807, 2.05) is 0 Å². The molecule has 1 amide bonds. The first-order chi connectivity index (χ1) is 6.27. The van der Waals surface area contributed by atoms with Gasteiger partial charge in [0.2, 0.25) is 0 Å². The van der Waals surface area contributed by atoms with Crippen LogP contribution in [0.1, 0.15) is 37.0 Å². The van der Waals surface area contributed by atoms with Gasteiger partial charge in [-0.1, -0.05) is 0 Å². The molecule has 5 heteroatoms. The van der Waals surface area contributed by atoms with Crippen molar-refractivity contribution >= 4 is 18.5 Å². The number of hydrogen-bond acceptors (Lipinski definition) is 4. The Balaban J connectivity index is 2.69. The molecule has 1 N–H and O–H groups in total. The van der Waals surface area contributed by atoms with Crippen molar-refractivity contribution in [3.63, 3.8) is 0 Å². The number of carbonyl (C=O) groups excluding carboxylic acids is 3. The molecule has 66 valence electrons. The van der Waals surface area contributed by atoms with E-state index in [1.165, 1.54) is 0 Å². The number of hydrogen-bond donors (Lipinski definition) is 1. The maximum Gasteiger partial charge on any atom is 0.255 e. The van der Waals surface area contributed by atoms with Crippen molar-refractivity contribution in [2.75, 3.05) is 0 Å². The van der Waals surface area contributed by atoms with Crippen LogP contribution in [0.25, 0.3) is 0 Å². The summed E-state index contributed by atoms with van der Waals surface area (Å²) >= 11 is 0. The van der Waals surface area contributed by atoms with Crippen LogP contribution in [-0.2, 0) is 6.54 Å². The molecule has 5 nitrogen and oxygen atoms in total. The maximum absolute atomic E-state index is 11.1. The third-order valence-electron chi connectivity index (χ3n) is 1.93. The van der Waals surface area contributed by atoms with Crippen molar-refractivity contribution in [3.8, 4) is 0 Å². The van der Waals surface area contributed by atoms with Crippen molar-refractivity contribution in [2.24, 2.45) is 0 Å². The monoisotopic (exact) mass is 179 g/mol. The zero-order valence-electron chi connectivity index (χ0n) is 6.49. The second kappa shape index (κ2) is 2.55. The van der Waals surface area contributed by atoms with Gasteiger partial charge in [0.05, 0.1) is 5.56 Å². The fraction of sp³-hybridized carbons (Fsp3) is 0.125. The van der Waals surface area contributed by atoms with Crippen molar-refractivity contribution in [2.45, 2.75) is 6.54 Å².